The lowest BCUT2D eigenvalue weighted by atomic mass is 9.73. The van der Waals surface area contributed by atoms with Crippen molar-refractivity contribution in [1.29, 1.82) is 0 Å². The van der Waals surface area contributed by atoms with Crippen molar-refractivity contribution in [3.05, 3.63) is 58.7 Å². The van der Waals surface area contributed by atoms with Gasteiger partial charge in [0.15, 0.2) is 0 Å². The minimum atomic E-state index is -0.00678. The fourth-order valence-corrected chi connectivity index (χ4v) is 5.49. The number of hydrogen-bond acceptors (Lipinski definition) is 2. The van der Waals surface area contributed by atoms with Gasteiger partial charge in [-0.2, -0.15) is 0 Å². The quantitative estimate of drug-likeness (QED) is 0.572. The summed E-state index contributed by atoms with van der Waals surface area (Å²) in [5, 5.41) is 7.47. The van der Waals surface area contributed by atoms with Crippen LogP contribution in [-0.2, 0) is 5.41 Å². The third-order valence-corrected chi connectivity index (χ3v) is 7.18. The summed E-state index contributed by atoms with van der Waals surface area (Å²) >= 11 is 0. The predicted molar refractivity (Wildman–Crippen MR) is 127 cm³/mol. The molecule has 2 aromatic carbocycles. The topological polar surface area (TPSA) is 24.1 Å². The molecule has 0 bridgehead atoms. The van der Waals surface area contributed by atoms with E-state index in [-0.39, 0.29) is 16.5 Å². The maximum Gasteiger partial charge on any atom is 0.0503 e. The molecule has 2 nitrogen and oxygen atoms in total. The van der Waals surface area contributed by atoms with Crippen LogP contribution in [0, 0.1) is 0 Å². The first kappa shape index (κ1) is 18.5. The molecule has 1 aliphatic carbocycles. The second kappa shape index (κ2) is 5.78. The molecule has 29 heavy (non-hydrogen) atoms. The first-order valence-electron chi connectivity index (χ1n) is 11.0. The maximum atomic E-state index is 3.73. The van der Waals surface area contributed by atoms with E-state index in [4.69, 9.17) is 0 Å². The summed E-state index contributed by atoms with van der Waals surface area (Å²) in [7, 11) is 0. The average molecular weight is 385 g/mol. The Balaban J connectivity index is 1.76. The Morgan fingerprint density at radius 2 is 1.07 bits per heavy atom. The fourth-order valence-electron chi connectivity index (χ4n) is 5.49. The third kappa shape index (κ3) is 2.61. The first-order chi connectivity index (χ1) is 13.7. The minimum Gasteiger partial charge on any atom is -0.376 e. The molecule has 0 spiro atoms. The van der Waals surface area contributed by atoms with Crippen LogP contribution in [0.15, 0.2) is 36.4 Å². The summed E-state index contributed by atoms with van der Waals surface area (Å²) in [6, 6.07) is 9.70. The number of fused-ring (bicyclic) bond motifs is 5. The standard InChI is InChI=1S/C27H32N2/c1-7-27(8-2)21-15-23-17(9-11-25(3,4)28-23)13-19(21)20-14-18-10-12-26(5,6)29-24(18)16-22(20)27/h9-16,28-29H,7-8H2,1-6H3. The summed E-state index contributed by atoms with van der Waals surface area (Å²) < 4.78 is 0. The summed E-state index contributed by atoms with van der Waals surface area (Å²) in [6.07, 6.45) is 11.3. The van der Waals surface area contributed by atoms with Crippen LogP contribution in [0.4, 0.5) is 11.4 Å². The van der Waals surface area contributed by atoms with Gasteiger partial charge >= 0.3 is 0 Å². The van der Waals surface area contributed by atoms with Crippen LogP contribution < -0.4 is 10.6 Å². The molecule has 2 heteroatoms. The van der Waals surface area contributed by atoms with Crippen molar-refractivity contribution in [2.24, 2.45) is 0 Å². The summed E-state index contributed by atoms with van der Waals surface area (Å²) in [5.74, 6) is 0. The van der Waals surface area contributed by atoms with Gasteiger partial charge in [-0.25, -0.2) is 0 Å². The van der Waals surface area contributed by atoms with Crippen molar-refractivity contribution in [2.45, 2.75) is 70.9 Å². The van der Waals surface area contributed by atoms with E-state index in [1.165, 1.54) is 44.8 Å². The van der Waals surface area contributed by atoms with Gasteiger partial charge in [0.05, 0.1) is 11.1 Å². The third-order valence-electron chi connectivity index (χ3n) is 7.18. The Morgan fingerprint density at radius 3 is 1.45 bits per heavy atom. The van der Waals surface area contributed by atoms with Crippen LogP contribution in [0.2, 0.25) is 0 Å². The highest BCUT2D eigenvalue weighted by atomic mass is 15.0. The van der Waals surface area contributed by atoms with Crippen LogP contribution in [0.1, 0.15) is 76.6 Å². The number of nitrogens with one attached hydrogen (secondary N) is 2. The van der Waals surface area contributed by atoms with Crippen LogP contribution >= 0.6 is 0 Å². The Kier molecular flexibility index (Phi) is 3.70. The highest BCUT2D eigenvalue weighted by Gasteiger charge is 2.42. The Labute approximate surface area is 175 Å². The molecular formula is C27H32N2. The number of anilines is 2. The zero-order valence-electron chi connectivity index (χ0n) is 18.5. The van der Waals surface area contributed by atoms with Crippen molar-refractivity contribution in [1.82, 2.24) is 0 Å². The lowest BCUT2D eigenvalue weighted by molar-refractivity contribution is 0.490. The van der Waals surface area contributed by atoms with Gasteiger partial charge in [-0.05, 0) is 98.2 Å². The van der Waals surface area contributed by atoms with Crippen molar-refractivity contribution in [3.63, 3.8) is 0 Å². The molecule has 0 aromatic heterocycles. The summed E-state index contributed by atoms with van der Waals surface area (Å²) in [6.45, 7) is 13.6. The SMILES string of the molecule is CCC1(CC)c2cc3c(cc2-c2cc4c(cc21)NC(C)(C)C=C4)C=CC(C)(C)N3. The molecule has 0 amide bonds. The second-order valence-electron chi connectivity index (χ2n) is 10.1. The Hall–Kier alpha value is -2.48. The van der Waals surface area contributed by atoms with Crippen molar-refractivity contribution in [3.8, 4) is 11.1 Å². The van der Waals surface area contributed by atoms with E-state index in [0.717, 1.165) is 12.8 Å². The van der Waals surface area contributed by atoms with Gasteiger partial charge in [-0.3, -0.25) is 0 Å². The van der Waals surface area contributed by atoms with E-state index >= 15 is 0 Å². The number of rotatable bonds is 2. The number of hydrogen-bond donors (Lipinski definition) is 2. The van der Waals surface area contributed by atoms with E-state index < -0.39 is 0 Å². The minimum absolute atomic E-state index is 0.00678. The van der Waals surface area contributed by atoms with Gasteiger partial charge < -0.3 is 10.6 Å². The van der Waals surface area contributed by atoms with Crippen molar-refractivity contribution >= 4 is 23.5 Å². The normalized spacial score (nSPS) is 20.8. The van der Waals surface area contributed by atoms with Crippen LogP contribution in [0.3, 0.4) is 0 Å². The molecule has 2 aromatic rings. The fraction of sp³-hybridized carbons (Fsp3) is 0.407. The van der Waals surface area contributed by atoms with Gasteiger partial charge in [0, 0.05) is 16.8 Å². The molecule has 2 N–H and O–H groups in total. The van der Waals surface area contributed by atoms with Crippen LogP contribution in [0.25, 0.3) is 23.3 Å². The molecule has 0 saturated carbocycles. The molecule has 0 unspecified atom stereocenters. The molecular weight excluding hydrogens is 352 g/mol. The molecule has 150 valence electrons. The molecule has 0 fully saturated rings. The Bertz CT molecular complexity index is 995. The van der Waals surface area contributed by atoms with E-state index in [1.54, 1.807) is 0 Å². The van der Waals surface area contributed by atoms with Gasteiger partial charge in [-0.15, -0.1) is 0 Å². The monoisotopic (exact) mass is 384 g/mol. The molecule has 0 radical (unpaired) electrons. The second-order valence-corrected chi connectivity index (χ2v) is 10.1. The molecule has 5 rings (SSSR count). The van der Waals surface area contributed by atoms with E-state index in [9.17, 15) is 0 Å². The smallest absolute Gasteiger partial charge is 0.0503 e. The summed E-state index contributed by atoms with van der Waals surface area (Å²) in [4.78, 5) is 0. The van der Waals surface area contributed by atoms with Gasteiger partial charge in [0.2, 0.25) is 0 Å². The zero-order chi connectivity index (χ0) is 20.6. The summed E-state index contributed by atoms with van der Waals surface area (Å²) in [5.41, 5.74) is 11.0. The molecule has 0 saturated heterocycles. The average Bonchev–Trinajstić information content (AvgIpc) is 2.92. The highest BCUT2D eigenvalue weighted by Crippen LogP contribution is 2.56. The predicted octanol–water partition coefficient (Wildman–Crippen LogP) is 7.21. The highest BCUT2D eigenvalue weighted by molar-refractivity contribution is 5.91. The van der Waals surface area contributed by atoms with Gasteiger partial charge in [0.1, 0.15) is 0 Å². The van der Waals surface area contributed by atoms with Crippen molar-refractivity contribution in [2.75, 3.05) is 10.6 Å². The number of benzene rings is 2. The molecule has 0 atom stereocenters. The van der Waals surface area contributed by atoms with E-state index in [2.05, 4.69) is 101 Å². The molecule has 2 heterocycles. The Morgan fingerprint density at radius 1 is 0.655 bits per heavy atom. The molecule has 2 aliphatic heterocycles. The van der Waals surface area contributed by atoms with E-state index in [1.807, 2.05) is 0 Å². The van der Waals surface area contributed by atoms with Crippen molar-refractivity contribution < 1.29 is 0 Å². The first-order valence-corrected chi connectivity index (χ1v) is 11.0. The van der Waals surface area contributed by atoms with Gasteiger partial charge in [0.25, 0.3) is 0 Å². The lowest BCUT2D eigenvalue weighted by Crippen LogP contribution is -2.31. The van der Waals surface area contributed by atoms with E-state index in [0.29, 0.717) is 0 Å². The maximum absolute atomic E-state index is 3.73. The van der Waals surface area contributed by atoms with Gasteiger partial charge in [-0.1, -0.05) is 38.2 Å². The lowest BCUT2D eigenvalue weighted by Gasteiger charge is -2.34. The zero-order valence-corrected chi connectivity index (χ0v) is 18.5. The van der Waals surface area contributed by atoms with Crippen LogP contribution in [-0.4, -0.2) is 11.1 Å². The largest absolute Gasteiger partial charge is 0.376 e. The van der Waals surface area contributed by atoms with Crippen LogP contribution in [0.5, 0.6) is 0 Å². The molecule has 3 aliphatic rings.